The number of aryl methyl sites for hydroxylation is 2. The highest BCUT2D eigenvalue weighted by molar-refractivity contribution is 7.09. The molecule has 0 aliphatic rings. The van der Waals surface area contributed by atoms with E-state index >= 15 is 0 Å². The molecule has 1 unspecified atom stereocenters. The van der Waals surface area contributed by atoms with E-state index in [4.69, 9.17) is 0 Å². The molecule has 0 aliphatic carbocycles. The number of nitrogens with one attached hydrogen (secondary N) is 1. The van der Waals surface area contributed by atoms with Crippen molar-refractivity contribution < 1.29 is 9.18 Å². The topological polar surface area (TPSA) is 46.9 Å². The summed E-state index contributed by atoms with van der Waals surface area (Å²) < 4.78 is 15.2. The van der Waals surface area contributed by atoms with Crippen molar-refractivity contribution >= 4 is 17.2 Å². The second-order valence-corrected chi connectivity index (χ2v) is 7.25. The summed E-state index contributed by atoms with van der Waals surface area (Å²) in [5.41, 5.74) is 4.18. The van der Waals surface area contributed by atoms with Crippen LogP contribution >= 0.6 is 11.3 Å². The Morgan fingerprint density at radius 2 is 1.96 bits per heavy atom. The Bertz CT molecular complexity index is 927. The first-order valence-corrected chi connectivity index (χ1v) is 9.46. The third-order valence-electron chi connectivity index (χ3n) is 4.41. The van der Waals surface area contributed by atoms with Gasteiger partial charge in [0.05, 0.1) is 11.6 Å². The highest BCUT2D eigenvalue weighted by Crippen LogP contribution is 2.24. The predicted molar refractivity (Wildman–Crippen MR) is 103 cm³/mol. The SMILES string of the molecule is CCC(NC(=O)c1cc(C)n(-c2ccc(F)cc2)c1C)c1nc(C)cs1. The van der Waals surface area contributed by atoms with Gasteiger partial charge in [-0.2, -0.15) is 0 Å². The second-order valence-electron chi connectivity index (χ2n) is 6.36. The van der Waals surface area contributed by atoms with E-state index in [0.29, 0.717) is 5.56 Å². The molecule has 0 bridgehead atoms. The van der Waals surface area contributed by atoms with Crippen LogP contribution in [0.4, 0.5) is 4.39 Å². The summed E-state index contributed by atoms with van der Waals surface area (Å²) in [6.45, 7) is 7.82. The van der Waals surface area contributed by atoms with Gasteiger partial charge in [-0.05, 0) is 57.5 Å². The van der Waals surface area contributed by atoms with Crippen LogP contribution in [-0.2, 0) is 0 Å². The molecule has 1 N–H and O–H groups in total. The molecule has 0 saturated heterocycles. The normalized spacial score (nSPS) is 12.2. The number of halogens is 1. The number of benzene rings is 1. The van der Waals surface area contributed by atoms with Crippen molar-refractivity contribution in [1.29, 1.82) is 0 Å². The first kappa shape index (κ1) is 18.3. The molecule has 26 heavy (non-hydrogen) atoms. The molecule has 2 heterocycles. The summed E-state index contributed by atoms with van der Waals surface area (Å²) in [5.74, 6) is -0.398. The minimum atomic E-state index is -0.279. The maximum atomic E-state index is 13.2. The quantitative estimate of drug-likeness (QED) is 0.695. The molecule has 136 valence electrons. The van der Waals surface area contributed by atoms with E-state index in [0.717, 1.165) is 34.2 Å². The van der Waals surface area contributed by atoms with Crippen LogP contribution < -0.4 is 5.32 Å². The van der Waals surface area contributed by atoms with Gasteiger partial charge in [-0.15, -0.1) is 11.3 Å². The largest absolute Gasteiger partial charge is 0.343 e. The molecule has 0 radical (unpaired) electrons. The Labute approximate surface area is 156 Å². The van der Waals surface area contributed by atoms with Gasteiger partial charge < -0.3 is 9.88 Å². The first-order valence-electron chi connectivity index (χ1n) is 8.58. The second kappa shape index (κ2) is 7.41. The lowest BCUT2D eigenvalue weighted by Gasteiger charge is -2.15. The minimum Gasteiger partial charge on any atom is -0.343 e. The number of hydrogen-bond donors (Lipinski definition) is 1. The zero-order chi connectivity index (χ0) is 18.8. The van der Waals surface area contributed by atoms with E-state index in [2.05, 4.69) is 10.3 Å². The zero-order valence-corrected chi connectivity index (χ0v) is 16.2. The van der Waals surface area contributed by atoms with Crippen molar-refractivity contribution in [3.63, 3.8) is 0 Å². The number of nitrogens with zero attached hydrogens (tertiary/aromatic N) is 2. The van der Waals surface area contributed by atoms with Crippen molar-refractivity contribution in [2.45, 2.75) is 40.2 Å². The fraction of sp³-hybridized carbons (Fsp3) is 0.300. The van der Waals surface area contributed by atoms with Gasteiger partial charge in [0, 0.05) is 28.1 Å². The standard InChI is InChI=1S/C20H22FN3OS/c1-5-18(20-22-12(2)11-26-20)23-19(25)17-10-13(3)24(14(17)4)16-8-6-15(21)7-9-16/h6-11,18H,5H2,1-4H3,(H,23,25). The van der Waals surface area contributed by atoms with Crippen LogP contribution in [0.25, 0.3) is 5.69 Å². The molecular weight excluding hydrogens is 349 g/mol. The van der Waals surface area contributed by atoms with E-state index in [9.17, 15) is 9.18 Å². The Morgan fingerprint density at radius 3 is 2.54 bits per heavy atom. The monoisotopic (exact) mass is 371 g/mol. The Hall–Kier alpha value is -2.47. The van der Waals surface area contributed by atoms with Crippen molar-refractivity contribution in [3.8, 4) is 5.69 Å². The number of thiazole rings is 1. The number of rotatable bonds is 5. The van der Waals surface area contributed by atoms with Gasteiger partial charge >= 0.3 is 0 Å². The lowest BCUT2D eigenvalue weighted by Crippen LogP contribution is -2.28. The van der Waals surface area contributed by atoms with Crippen LogP contribution in [-0.4, -0.2) is 15.5 Å². The number of hydrogen-bond acceptors (Lipinski definition) is 3. The van der Waals surface area contributed by atoms with Crippen molar-refractivity contribution in [2.24, 2.45) is 0 Å². The van der Waals surface area contributed by atoms with E-state index in [-0.39, 0.29) is 17.8 Å². The summed E-state index contributed by atoms with van der Waals surface area (Å²) in [7, 11) is 0. The summed E-state index contributed by atoms with van der Waals surface area (Å²) >= 11 is 1.56. The summed E-state index contributed by atoms with van der Waals surface area (Å²) in [6, 6.07) is 8.04. The van der Waals surface area contributed by atoms with Crippen molar-refractivity contribution in [3.05, 3.63) is 69.2 Å². The van der Waals surface area contributed by atoms with E-state index < -0.39 is 0 Å². The van der Waals surface area contributed by atoms with Crippen LogP contribution in [0.5, 0.6) is 0 Å². The van der Waals surface area contributed by atoms with Crippen LogP contribution in [0.15, 0.2) is 35.7 Å². The van der Waals surface area contributed by atoms with Crippen LogP contribution in [0.2, 0.25) is 0 Å². The number of carbonyl (C=O) groups is 1. The molecule has 0 saturated carbocycles. The fourth-order valence-electron chi connectivity index (χ4n) is 3.09. The Kier molecular flexibility index (Phi) is 5.23. The van der Waals surface area contributed by atoms with Gasteiger partial charge in [0.1, 0.15) is 10.8 Å². The average Bonchev–Trinajstić information content (AvgIpc) is 3.17. The third-order valence-corrected chi connectivity index (χ3v) is 5.49. The van der Waals surface area contributed by atoms with Crippen molar-refractivity contribution in [1.82, 2.24) is 14.9 Å². The number of amides is 1. The van der Waals surface area contributed by atoms with Gasteiger partial charge in [0.2, 0.25) is 0 Å². The first-order chi connectivity index (χ1) is 12.4. The molecule has 1 aromatic carbocycles. The average molecular weight is 371 g/mol. The van der Waals surface area contributed by atoms with Gasteiger partial charge in [-0.3, -0.25) is 4.79 Å². The van der Waals surface area contributed by atoms with E-state index in [1.807, 2.05) is 43.7 Å². The number of carbonyl (C=O) groups excluding carboxylic acids is 1. The molecule has 1 amide bonds. The maximum Gasteiger partial charge on any atom is 0.253 e. The van der Waals surface area contributed by atoms with Crippen molar-refractivity contribution in [2.75, 3.05) is 0 Å². The van der Waals surface area contributed by atoms with E-state index in [1.165, 1.54) is 12.1 Å². The Morgan fingerprint density at radius 1 is 1.27 bits per heavy atom. The molecular formula is C20H22FN3OS. The molecule has 0 fully saturated rings. The molecule has 6 heteroatoms. The van der Waals surface area contributed by atoms with Crippen LogP contribution in [0, 0.1) is 26.6 Å². The summed E-state index contributed by atoms with van der Waals surface area (Å²) in [5, 5.41) is 6.00. The maximum absolute atomic E-state index is 13.2. The zero-order valence-electron chi connectivity index (χ0n) is 15.3. The lowest BCUT2D eigenvalue weighted by atomic mass is 10.2. The molecule has 0 aliphatic heterocycles. The summed E-state index contributed by atoms with van der Waals surface area (Å²) in [6.07, 6.45) is 0.773. The van der Waals surface area contributed by atoms with Crippen LogP contribution in [0.3, 0.4) is 0 Å². The smallest absolute Gasteiger partial charge is 0.253 e. The molecule has 2 aromatic heterocycles. The fourth-order valence-corrected chi connectivity index (χ4v) is 4.02. The molecule has 1 atom stereocenters. The highest BCUT2D eigenvalue weighted by atomic mass is 32.1. The molecule has 3 rings (SSSR count). The molecule has 0 spiro atoms. The van der Waals surface area contributed by atoms with Gasteiger partial charge in [-0.25, -0.2) is 9.37 Å². The minimum absolute atomic E-state index is 0.102. The van der Waals surface area contributed by atoms with Gasteiger partial charge in [0.25, 0.3) is 5.91 Å². The number of aromatic nitrogens is 2. The van der Waals surface area contributed by atoms with Gasteiger partial charge in [-0.1, -0.05) is 6.92 Å². The van der Waals surface area contributed by atoms with Gasteiger partial charge in [0.15, 0.2) is 0 Å². The predicted octanol–water partition coefficient (Wildman–Crippen LogP) is 4.88. The third kappa shape index (κ3) is 3.55. The Balaban J connectivity index is 1.88. The van der Waals surface area contributed by atoms with E-state index in [1.54, 1.807) is 23.5 Å². The summed E-state index contributed by atoms with van der Waals surface area (Å²) in [4.78, 5) is 17.4. The highest BCUT2D eigenvalue weighted by Gasteiger charge is 2.21. The molecule has 4 nitrogen and oxygen atoms in total. The molecule has 3 aromatic rings. The van der Waals surface area contributed by atoms with Crippen LogP contribution in [0.1, 0.15) is 51.8 Å². The lowest BCUT2D eigenvalue weighted by molar-refractivity contribution is 0.0935.